The van der Waals surface area contributed by atoms with E-state index in [0.717, 1.165) is 39.0 Å². The first kappa shape index (κ1) is 17.4. The fourth-order valence-electron chi connectivity index (χ4n) is 4.10. The van der Waals surface area contributed by atoms with Crippen LogP contribution in [0.25, 0.3) is 0 Å². The highest BCUT2D eigenvalue weighted by Crippen LogP contribution is 2.25. The van der Waals surface area contributed by atoms with Crippen molar-refractivity contribution in [3.8, 4) is 0 Å². The molecule has 1 aromatic carbocycles. The molecule has 26 heavy (non-hydrogen) atoms. The first-order chi connectivity index (χ1) is 12.6. The fraction of sp³-hybridized carbons (Fsp3) is 0.429. The lowest BCUT2D eigenvalue weighted by molar-refractivity contribution is 0.0553. The Morgan fingerprint density at radius 3 is 2.50 bits per heavy atom. The highest BCUT2D eigenvalue weighted by atomic mass is 32.1. The van der Waals surface area contributed by atoms with E-state index in [2.05, 4.69) is 29.2 Å². The van der Waals surface area contributed by atoms with Gasteiger partial charge in [-0.3, -0.25) is 14.5 Å². The molecular formula is C21H24N2O2S. The fourth-order valence-corrected chi connectivity index (χ4v) is 4.88. The van der Waals surface area contributed by atoms with Gasteiger partial charge < -0.3 is 4.90 Å². The van der Waals surface area contributed by atoms with Crippen LogP contribution >= 0.6 is 11.3 Å². The highest BCUT2D eigenvalue weighted by molar-refractivity contribution is 7.12. The second-order valence-electron chi connectivity index (χ2n) is 7.25. The van der Waals surface area contributed by atoms with Crippen molar-refractivity contribution in [3.63, 3.8) is 0 Å². The number of aryl methyl sites for hydroxylation is 1. The third-order valence-corrected chi connectivity index (χ3v) is 6.66. The number of nitrogens with zero attached hydrogens (tertiary/aromatic N) is 2. The molecule has 1 aromatic heterocycles. The molecule has 1 unspecified atom stereocenters. The van der Waals surface area contributed by atoms with E-state index in [1.807, 2.05) is 10.3 Å². The molecule has 2 aromatic rings. The maximum atomic E-state index is 12.7. The van der Waals surface area contributed by atoms with Crippen LogP contribution in [0, 0.1) is 0 Å². The third-order valence-electron chi connectivity index (χ3n) is 5.63. The lowest BCUT2D eigenvalue weighted by Gasteiger charge is -2.41. The highest BCUT2D eigenvalue weighted by Gasteiger charge is 2.29. The zero-order chi connectivity index (χ0) is 18.1. The maximum Gasteiger partial charge on any atom is 0.254 e. The third kappa shape index (κ3) is 3.46. The predicted octanol–water partition coefficient (Wildman–Crippen LogP) is 3.27. The molecule has 0 radical (unpaired) electrons. The van der Waals surface area contributed by atoms with Gasteiger partial charge in [-0.05, 0) is 43.4 Å². The van der Waals surface area contributed by atoms with Crippen molar-refractivity contribution < 1.29 is 9.59 Å². The summed E-state index contributed by atoms with van der Waals surface area (Å²) in [7, 11) is 0. The van der Waals surface area contributed by atoms with Crippen molar-refractivity contribution >= 4 is 23.0 Å². The number of hydrogen-bond acceptors (Lipinski definition) is 4. The molecule has 1 atom stereocenters. The first-order valence-electron chi connectivity index (χ1n) is 9.31. The second-order valence-corrected chi connectivity index (χ2v) is 8.16. The Morgan fingerprint density at radius 2 is 1.81 bits per heavy atom. The molecule has 0 bridgehead atoms. The molecule has 1 saturated heterocycles. The van der Waals surface area contributed by atoms with Gasteiger partial charge in [0.2, 0.25) is 0 Å². The molecule has 0 saturated carbocycles. The lowest BCUT2D eigenvalue weighted by Crippen LogP contribution is -2.53. The molecule has 1 fully saturated rings. The summed E-state index contributed by atoms with van der Waals surface area (Å²) >= 11 is 1.36. The quantitative estimate of drug-likeness (QED) is 0.781. The number of carbonyl (C=O) groups excluding carboxylic acids is 2. The smallest absolute Gasteiger partial charge is 0.254 e. The van der Waals surface area contributed by atoms with Crippen molar-refractivity contribution in [2.24, 2.45) is 0 Å². The van der Waals surface area contributed by atoms with Crippen LogP contribution in [-0.2, 0) is 12.8 Å². The standard InChI is InChI=1S/C21H24N2O2S/c1-15(24)20-13-18(14-26-20)21(25)23-10-8-22(9-11-23)19-7-6-16-4-2-3-5-17(16)12-19/h2-5,13-14,19H,6-12H2,1H3. The molecule has 0 N–H and O–H groups in total. The lowest BCUT2D eigenvalue weighted by atomic mass is 9.87. The van der Waals surface area contributed by atoms with E-state index in [-0.39, 0.29) is 11.7 Å². The number of amides is 1. The Kier molecular flexibility index (Phi) is 4.92. The molecular weight excluding hydrogens is 344 g/mol. The largest absolute Gasteiger partial charge is 0.336 e. The van der Waals surface area contributed by atoms with Crippen LogP contribution in [-0.4, -0.2) is 53.7 Å². The van der Waals surface area contributed by atoms with Gasteiger partial charge in [-0.2, -0.15) is 0 Å². The maximum absolute atomic E-state index is 12.7. The number of hydrogen-bond donors (Lipinski definition) is 0. The zero-order valence-electron chi connectivity index (χ0n) is 15.1. The van der Waals surface area contributed by atoms with Crippen molar-refractivity contribution in [1.82, 2.24) is 9.80 Å². The molecule has 1 amide bonds. The molecule has 2 aliphatic rings. The van der Waals surface area contributed by atoms with E-state index < -0.39 is 0 Å². The zero-order valence-corrected chi connectivity index (χ0v) is 15.9. The topological polar surface area (TPSA) is 40.6 Å². The molecule has 4 rings (SSSR count). The number of ketones is 1. The van der Waals surface area contributed by atoms with Crippen LogP contribution in [0.4, 0.5) is 0 Å². The summed E-state index contributed by atoms with van der Waals surface area (Å²) in [5.41, 5.74) is 3.63. The number of fused-ring (bicyclic) bond motifs is 1. The minimum absolute atomic E-state index is 0.0245. The van der Waals surface area contributed by atoms with E-state index in [9.17, 15) is 9.59 Å². The van der Waals surface area contributed by atoms with Crippen LogP contribution in [0.3, 0.4) is 0 Å². The number of thiophene rings is 1. The molecule has 5 heteroatoms. The Balaban J connectivity index is 1.35. The number of benzene rings is 1. The van der Waals surface area contributed by atoms with E-state index in [1.54, 1.807) is 13.0 Å². The van der Waals surface area contributed by atoms with Crippen molar-refractivity contribution in [1.29, 1.82) is 0 Å². The second kappa shape index (κ2) is 7.33. The SMILES string of the molecule is CC(=O)c1cc(C(=O)N2CCN(C3CCc4ccccc4C3)CC2)cs1. The number of carbonyl (C=O) groups is 2. The molecule has 0 spiro atoms. The van der Waals surface area contributed by atoms with Crippen LogP contribution in [0.2, 0.25) is 0 Å². The number of piperazine rings is 1. The van der Waals surface area contributed by atoms with Gasteiger partial charge in [0.15, 0.2) is 5.78 Å². The Morgan fingerprint density at radius 1 is 1.08 bits per heavy atom. The van der Waals surface area contributed by atoms with Gasteiger partial charge in [0.25, 0.3) is 5.91 Å². The van der Waals surface area contributed by atoms with Crippen LogP contribution in [0.5, 0.6) is 0 Å². The Labute approximate surface area is 158 Å². The van der Waals surface area contributed by atoms with Gasteiger partial charge in [-0.25, -0.2) is 0 Å². The van der Waals surface area contributed by atoms with Crippen molar-refractivity contribution in [2.75, 3.05) is 26.2 Å². The van der Waals surface area contributed by atoms with E-state index in [0.29, 0.717) is 16.5 Å². The molecule has 1 aliphatic heterocycles. The summed E-state index contributed by atoms with van der Waals surface area (Å²) in [4.78, 5) is 29.3. The van der Waals surface area contributed by atoms with Gasteiger partial charge in [-0.15, -0.1) is 11.3 Å². The van der Waals surface area contributed by atoms with Gasteiger partial charge in [0.05, 0.1) is 10.4 Å². The van der Waals surface area contributed by atoms with Gasteiger partial charge >= 0.3 is 0 Å². The van der Waals surface area contributed by atoms with E-state index in [1.165, 1.54) is 28.9 Å². The van der Waals surface area contributed by atoms with Gasteiger partial charge in [0.1, 0.15) is 0 Å². The summed E-state index contributed by atoms with van der Waals surface area (Å²) in [6.45, 7) is 4.94. The molecule has 1 aliphatic carbocycles. The van der Waals surface area contributed by atoms with Crippen LogP contribution < -0.4 is 0 Å². The van der Waals surface area contributed by atoms with E-state index >= 15 is 0 Å². The van der Waals surface area contributed by atoms with Gasteiger partial charge in [-0.1, -0.05) is 24.3 Å². The summed E-state index contributed by atoms with van der Waals surface area (Å²) < 4.78 is 0. The summed E-state index contributed by atoms with van der Waals surface area (Å²) in [6.07, 6.45) is 3.48. The summed E-state index contributed by atoms with van der Waals surface area (Å²) in [5, 5.41) is 1.81. The minimum Gasteiger partial charge on any atom is -0.336 e. The number of rotatable bonds is 3. The van der Waals surface area contributed by atoms with Gasteiger partial charge in [0, 0.05) is 37.6 Å². The molecule has 4 nitrogen and oxygen atoms in total. The van der Waals surface area contributed by atoms with Crippen molar-refractivity contribution in [2.45, 2.75) is 32.2 Å². The van der Waals surface area contributed by atoms with Crippen molar-refractivity contribution in [3.05, 3.63) is 57.3 Å². The minimum atomic E-state index is 0.0245. The number of Topliss-reactive ketones (excluding diaryl/α,β-unsaturated/α-hetero) is 1. The average molecular weight is 369 g/mol. The average Bonchev–Trinajstić information content (AvgIpc) is 3.18. The molecule has 136 valence electrons. The first-order valence-corrected chi connectivity index (χ1v) is 10.2. The Hall–Kier alpha value is -1.98. The van der Waals surface area contributed by atoms with Crippen LogP contribution in [0.15, 0.2) is 35.7 Å². The normalized spacial score (nSPS) is 20.7. The monoisotopic (exact) mass is 368 g/mol. The summed E-state index contributed by atoms with van der Waals surface area (Å²) in [6, 6.07) is 11.1. The van der Waals surface area contributed by atoms with E-state index in [4.69, 9.17) is 0 Å². The predicted molar refractivity (Wildman–Crippen MR) is 104 cm³/mol. The summed E-state index contributed by atoms with van der Waals surface area (Å²) in [5.74, 6) is 0.0823. The van der Waals surface area contributed by atoms with Crippen LogP contribution in [0.1, 0.15) is 44.5 Å². The molecule has 2 heterocycles. The Bertz CT molecular complexity index is 821.